The van der Waals surface area contributed by atoms with Crippen LogP contribution in [0.2, 0.25) is 0 Å². The smallest absolute Gasteiger partial charge is 0.264 e. The van der Waals surface area contributed by atoms with E-state index in [2.05, 4.69) is 21.2 Å². The maximum Gasteiger partial charge on any atom is 0.264 e. The van der Waals surface area contributed by atoms with E-state index in [1.807, 2.05) is 61.5 Å². The maximum absolute atomic E-state index is 14.5. The number of carbonyl (C=O) groups excluding carboxylic acids is 2. The van der Waals surface area contributed by atoms with Crippen molar-refractivity contribution in [1.82, 2.24) is 10.2 Å². The molecule has 0 aromatic heterocycles. The third-order valence-electron chi connectivity index (χ3n) is 7.42. The first-order valence-electron chi connectivity index (χ1n) is 14.9. The molecule has 0 aliphatic rings. The van der Waals surface area contributed by atoms with Gasteiger partial charge in [0.1, 0.15) is 18.4 Å². The molecule has 0 unspecified atom stereocenters. The van der Waals surface area contributed by atoms with Gasteiger partial charge < -0.3 is 19.7 Å². The number of ether oxygens (including phenoxy) is 2. The zero-order chi connectivity index (χ0) is 34.0. The van der Waals surface area contributed by atoms with E-state index in [1.165, 1.54) is 49.5 Å². The van der Waals surface area contributed by atoms with E-state index >= 15 is 0 Å². The number of carbonyl (C=O) groups is 2. The van der Waals surface area contributed by atoms with Crippen molar-refractivity contribution in [3.05, 3.63) is 118 Å². The number of methoxy groups -OCH3 is 2. The Kier molecular flexibility index (Phi) is 12.4. The van der Waals surface area contributed by atoms with Crippen LogP contribution in [-0.4, -0.2) is 58.5 Å². The van der Waals surface area contributed by atoms with Crippen LogP contribution >= 0.6 is 15.9 Å². The molecule has 9 nitrogen and oxygen atoms in total. The third-order valence-corrected chi connectivity index (χ3v) is 9.72. The summed E-state index contributed by atoms with van der Waals surface area (Å²) in [6, 6.07) is 24.5. The van der Waals surface area contributed by atoms with Crippen LogP contribution in [0.5, 0.6) is 11.5 Å². The number of amides is 2. The lowest BCUT2D eigenvalue weighted by molar-refractivity contribution is -0.140. The lowest BCUT2D eigenvalue weighted by Gasteiger charge is -2.34. The van der Waals surface area contributed by atoms with E-state index in [1.54, 1.807) is 0 Å². The molecule has 0 spiro atoms. The number of rotatable bonds is 15. The molecule has 47 heavy (non-hydrogen) atoms. The average Bonchev–Trinajstić information content (AvgIpc) is 3.08. The fourth-order valence-electron chi connectivity index (χ4n) is 4.95. The minimum atomic E-state index is -4.43. The van der Waals surface area contributed by atoms with Crippen molar-refractivity contribution in [2.45, 2.75) is 37.2 Å². The molecular formula is C35H37BrFN3O6S. The number of benzene rings is 4. The second-order valence-electron chi connectivity index (χ2n) is 10.6. The zero-order valence-electron chi connectivity index (χ0n) is 26.4. The predicted octanol–water partition coefficient (Wildman–Crippen LogP) is 5.97. The van der Waals surface area contributed by atoms with Crippen molar-refractivity contribution in [2.24, 2.45) is 0 Å². The van der Waals surface area contributed by atoms with Crippen LogP contribution in [0.1, 0.15) is 24.5 Å². The van der Waals surface area contributed by atoms with Gasteiger partial charge in [-0.15, -0.1) is 0 Å². The van der Waals surface area contributed by atoms with Gasteiger partial charge in [0, 0.05) is 30.0 Å². The van der Waals surface area contributed by atoms with Crippen molar-refractivity contribution in [3.63, 3.8) is 0 Å². The molecule has 0 bridgehead atoms. The molecular weight excluding hydrogens is 689 g/mol. The molecule has 0 aliphatic carbocycles. The number of anilines is 1. The highest BCUT2D eigenvalue weighted by atomic mass is 79.9. The summed E-state index contributed by atoms with van der Waals surface area (Å²) in [6.45, 7) is 1.68. The fraction of sp³-hybridized carbons (Fsp3) is 0.257. The topological polar surface area (TPSA) is 105 Å². The van der Waals surface area contributed by atoms with E-state index in [4.69, 9.17) is 9.47 Å². The van der Waals surface area contributed by atoms with E-state index in [0.717, 1.165) is 32.0 Å². The summed E-state index contributed by atoms with van der Waals surface area (Å²) in [7, 11) is -1.62. The molecule has 1 N–H and O–H groups in total. The normalized spacial score (nSPS) is 11.8. The summed E-state index contributed by atoms with van der Waals surface area (Å²) >= 11 is 3.43. The van der Waals surface area contributed by atoms with Gasteiger partial charge in [-0.2, -0.15) is 0 Å². The fourth-order valence-corrected chi connectivity index (χ4v) is 6.64. The Labute approximate surface area is 283 Å². The van der Waals surface area contributed by atoms with Crippen LogP contribution in [0.3, 0.4) is 0 Å². The summed E-state index contributed by atoms with van der Waals surface area (Å²) in [5.74, 6) is -1.08. The molecule has 12 heteroatoms. The molecule has 1 atom stereocenters. The van der Waals surface area contributed by atoms with Crippen LogP contribution in [-0.2, 0) is 32.6 Å². The minimum Gasteiger partial charge on any atom is -0.493 e. The number of sulfonamides is 1. The van der Waals surface area contributed by atoms with E-state index in [9.17, 15) is 22.4 Å². The highest BCUT2D eigenvalue weighted by Gasteiger charge is 2.35. The zero-order valence-corrected chi connectivity index (χ0v) is 28.8. The third kappa shape index (κ3) is 9.11. The Hall–Kier alpha value is -4.42. The van der Waals surface area contributed by atoms with Crippen molar-refractivity contribution >= 4 is 43.5 Å². The molecule has 0 aliphatic heterocycles. The number of nitrogens with zero attached hydrogens (tertiary/aromatic N) is 2. The summed E-state index contributed by atoms with van der Waals surface area (Å²) in [5, 5.41) is 2.91. The number of hydrogen-bond donors (Lipinski definition) is 1. The standard InChI is InChI=1S/C35H37BrFN3O6S/c1-4-20-38-35(42)31(21-25-8-6-5-7-9-25)39(23-26-10-12-27(36)13-11-26)34(41)24-40(29-16-14-28(37)15-17-29)47(43,44)30-18-19-32(45-2)33(22-30)46-3/h5-19,22,31H,4,20-21,23-24H2,1-3H3,(H,38,42)/t31-/m0/s1. The van der Waals surface area contributed by atoms with Crippen LogP contribution in [0.25, 0.3) is 0 Å². The molecule has 0 radical (unpaired) electrons. The quantitative estimate of drug-likeness (QED) is 0.162. The van der Waals surface area contributed by atoms with Crippen LogP contribution in [0.15, 0.2) is 106 Å². The van der Waals surface area contributed by atoms with Crippen LogP contribution in [0.4, 0.5) is 10.1 Å². The lowest BCUT2D eigenvalue weighted by atomic mass is 10.0. The molecule has 0 saturated heterocycles. The first kappa shape index (κ1) is 35.4. The Morgan fingerprint density at radius 2 is 1.53 bits per heavy atom. The van der Waals surface area contributed by atoms with Crippen molar-refractivity contribution in [1.29, 1.82) is 0 Å². The van der Waals surface area contributed by atoms with Gasteiger partial charge in [-0.25, -0.2) is 12.8 Å². The lowest BCUT2D eigenvalue weighted by Crippen LogP contribution is -2.53. The summed E-state index contributed by atoms with van der Waals surface area (Å²) in [4.78, 5) is 29.4. The molecule has 0 fully saturated rings. The predicted molar refractivity (Wildman–Crippen MR) is 182 cm³/mol. The summed E-state index contributed by atoms with van der Waals surface area (Å²) in [5.41, 5.74) is 1.62. The SMILES string of the molecule is CCCNC(=O)[C@H](Cc1ccccc1)N(Cc1ccc(Br)cc1)C(=O)CN(c1ccc(F)cc1)S(=O)(=O)c1ccc(OC)c(OC)c1. The minimum absolute atomic E-state index is 0.0246. The first-order valence-corrected chi connectivity index (χ1v) is 17.2. The Bertz CT molecular complexity index is 1760. The highest BCUT2D eigenvalue weighted by Crippen LogP contribution is 2.32. The van der Waals surface area contributed by atoms with Gasteiger partial charge in [-0.1, -0.05) is 65.3 Å². The van der Waals surface area contributed by atoms with Gasteiger partial charge in [0.2, 0.25) is 11.8 Å². The van der Waals surface area contributed by atoms with Crippen LogP contribution < -0.4 is 19.1 Å². The molecule has 248 valence electrons. The summed E-state index contributed by atoms with van der Waals surface area (Å²) < 4.78 is 54.9. The van der Waals surface area contributed by atoms with Gasteiger partial charge in [0.15, 0.2) is 11.5 Å². The largest absolute Gasteiger partial charge is 0.493 e. The molecule has 0 heterocycles. The first-order chi connectivity index (χ1) is 22.6. The Morgan fingerprint density at radius 3 is 2.15 bits per heavy atom. The highest BCUT2D eigenvalue weighted by molar-refractivity contribution is 9.10. The number of hydrogen-bond acceptors (Lipinski definition) is 6. The number of nitrogens with one attached hydrogen (secondary N) is 1. The molecule has 4 aromatic rings. The van der Waals surface area contributed by atoms with Gasteiger partial charge in [-0.05, 0) is 66.1 Å². The van der Waals surface area contributed by atoms with E-state index in [-0.39, 0.29) is 35.2 Å². The second kappa shape index (κ2) is 16.4. The monoisotopic (exact) mass is 725 g/mol. The Balaban J connectivity index is 1.81. The second-order valence-corrected chi connectivity index (χ2v) is 13.4. The van der Waals surface area contributed by atoms with Gasteiger partial charge in [0.05, 0.1) is 24.8 Å². The van der Waals surface area contributed by atoms with Gasteiger partial charge in [0.25, 0.3) is 10.0 Å². The maximum atomic E-state index is 14.5. The molecule has 4 rings (SSSR count). The van der Waals surface area contributed by atoms with Crippen molar-refractivity contribution in [2.75, 3.05) is 31.6 Å². The average molecular weight is 727 g/mol. The van der Waals surface area contributed by atoms with Crippen molar-refractivity contribution < 1.29 is 31.9 Å². The van der Waals surface area contributed by atoms with Gasteiger partial charge in [-0.3, -0.25) is 13.9 Å². The molecule has 2 amide bonds. The van der Waals surface area contributed by atoms with Crippen LogP contribution in [0, 0.1) is 5.82 Å². The number of halogens is 2. The summed E-state index contributed by atoms with van der Waals surface area (Å²) in [6.07, 6.45) is 0.879. The molecule has 0 saturated carbocycles. The van der Waals surface area contributed by atoms with Gasteiger partial charge >= 0.3 is 0 Å². The van der Waals surface area contributed by atoms with Crippen molar-refractivity contribution in [3.8, 4) is 11.5 Å². The van der Waals surface area contributed by atoms with E-state index < -0.39 is 34.3 Å². The van der Waals surface area contributed by atoms with E-state index in [0.29, 0.717) is 18.7 Å². The molecule has 4 aromatic carbocycles. The Morgan fingerprint density at radius 1 is 0.872 bits per heavy atom.